The van der Waals surface area contributed by atoms with Crippen LogP contribution >= 0.6 is 0 Å². The number of hydrogen-bond acceptors (Lipinski definition) is 4. The summed E-state index contributed by atoms with van der Waals surface area (Å²) in [4.78, 5) is 22.9. The SMILES string of the molecule is CC(C)COC(=O)c1ccc2c(C=O)c(O)ccc2c1. The lowest BCUT2D eigenvalue weighted by atomic mass is 10.0. The van der Waals surface area contributed by atoms with Gasteiger partial charge in [0, 0.05) is 0 Å². The largest absolute Gasteiger partial charge is 0.507 e. The van der Waals surface area contributed by atoms with Crippen LogP contribution in [0.4, 0.5) is 0 Å². The normalized spacial score (nSPS) is 10.8. The summed E-state index contributed by atoms with van der Waals surface area (Å²) in [6, 6.07) is 8.00. The number of phenols is 1. The van der Waals surface area contributed by atoms with Gasteiger partial charge in [0.25, 0.3) is 0 Å². The number of esters is 1. The van der Waals surface area contributed by atoms with Gasteiger partial charge in [0.1, 0.15) is 5.75 Å². The highest BCUT2D eigenvalue weighted by molar-refractivity contribution is 6.03. The lowest BCUT2D eigenvalue weighted by molar-refractivity contribution is 0.0459. The molecule has 2 aromatic carbocycles. The van der Waals surface area contributed by atoms with Crippen molar-refractivity contribution in [2.24, 2.45) is 5.92 Å². The van der Waals surface area contributed by atoms with E-state index >= 15 is 0 Å². The summed E-state index contributed by atoms with van der Waals surface area (Å²) in [5.74, 6) is -0.179. The fourth-order valence-corrected chi connectivity index (χ4v) is 1.92. The van der Waals surface area contributed by atoms with Crippen LogP contribution in [0.3, 0.4) is 0 Å². The van der Waals surface area contributed by atoms with Gasteiger partial charge in [0.05, 0.1) is 17.7 Å². The maximum atomic E-state index is 11.9. The quantitative estimate of drug-likeness (QED) is 0.686. The Bertz CT molecular complexity index is 659. The van der Waals surface area contributed by atoms with Crippen molar-refractivity contribution in [2.75, 3.05) is 6.61 Å². The summed E-state index contributed by atoms with van der Waals surface area (Å²) in [5, 5.41) is 10.9. The third-order valence-electron chi connectivity index (χ3n) is 2.94. The molecule has 0 saturated carbocycles. The number of rotatable bonds is 4. The average molecular weight is 272 g/mol. The van der Waals surface area contributed by atoms with Crippen LogP contribution < -0.4 is 0 Å². The molecule has 2 rings (SSSR count). The highest BCUT2D eigenvalue weighted by Gasteiger charge is 2.11. The standard InChI is InChI=1S/C16H16O4/c1-10(2)9-20-16(19)12-3-5-13-11(7-12)4-6-15(18)14(13)8-17/h3-8,10,18H,9H2,1-2H3. The first kappa shape index (κ1) is 14.1. The van der Waals surface area contributed by atoms with E-state index in [2.05, 4.69) is 0 Å². The van der Waals surface area contributed by atoms with Crippen LogP contribution in [0.1, 0.15) is 34.6 Å². The Hall–Kier alpha value is -2.36. The van der Waals surface area contributed by atoms with E-state index in [0.29, 0.717) is 29.2 Å². The average Bonchev–Trinajstić information content (AvgIpc) is 2.44. The molecule has 0 fully saturated rings. The molecule has 0 aliphatic heterocycles. The maximum absolute atomic E-state index is 11.9. The molecule has 1 N–H and O–H groups in total. The van der Waals surface area contributed by atoms with E-state index < -0.39 is 0 Å². The second-order valence-corrected chi connectivity index (χ2v) is 5.04. The van der Waals surface area contributed by atoms with E-state index in [4.69, 9.17) is 4.74 Å². The van der Waals surface area contributed by atoms with E-state index in [-0.39, 0.29) is 23.2 Å². The molecule has 104 valence electrons. The minimum atomic E-state index is -0.388. The van der Waals surface area contributed by atoms with Crippen LogP contribution in [-0.2, 0) is 4.74 Å². The van der Waals surface area contributed by atoms with Crippen molar-refractivity contribution in [3.05, 3.63) is 41.5 Å². The number of ether oxygens (including phenoxy) is 1. The van der Waals surface area contributed by atoms with Crippen LogP contribution in [0.5, 0.6) is 5.75 Å². The first-order valence-electron chi connectivity index (χ1n) is 6.41. The highest BCUT2D eigenvalue weighted by atomic mass is 16.5. The fraction of sp³-hybridized carbons (Fsp3) is 0.250. The Morgan fingerprint density at radius 1 is 1.30 bits per heavy atom. The molecule has 0 spiro atoms. The van der Waals surface area contributed by atoms with Gasteiger partial charge in [-0.2, -0.15) is 0 Å². The Labute approximate surface area is 117 Å². The number of carbonyl (C=O) groups is 2. The van der Waals surface area contributed by atoms with E-state index in [1.165, 1.54) is 6.07 Å². The molecule has 0 atom stereocenters. The first-order valence-corrected chi connectivity index (χ1v) is 6.41. The second kappa shape index (κ2) is 5.74. The van der Waals surface area contributed by atoms with Gasteiger partial charge in [0.2, 0.25) is 0 Å². The minimum absolute atomic E-state index is 0.0670. The summed E-state index contributed by atoms with van der Waals surface area (Å²) in [6.45, 7) is 4.30. The molecule has 0 aromatic heterocycles. The van der Waals surface area contributed by atoms with Crippen LogP contribution in [-0.4, -0.2) is 24.0 Å². The lowest BCUT2D eigenvalue weighted by Gasteiger charge is -2.09. The predicted octanol–water partition coefficient (Wildman–Crippen LogP) is 3.17. The molecule has 0 radical (unpaired) electrons. The summed E-state index contributed by atoms with van der Waals surface area (Å²) in [5.41, 5.74) is 0.658. The van der Waals surface area contributed by atoms with Crippen molar-refractivity contribution in [3.63, 3.8) is 0 Å². The van der Waals surface area contributed by atoms with E-state index in [0.717, 1.165) is 0 Å². The van der Waals surface area contributed by atoms with Crippen LogP contribution in [0.15, 0.2) is 30.3 Å². The zero-order chi connectivity index (χ0) is 14.7. The van der Waals surface area contributed by atoms with E-state index in [1.54, 1.807) is 24.3 Å². The van der Waals surface area contributed by atoms with E-state index in [9.17, 15) is 14.7 Å². The number of carbonyl (C=O) groups excluding carboxylic acids is 2. The zero-order valence-corrected chi connectivity index (χ0v) is 11.4. The van der Waals surface area contributed by atoms with Gasteiger partial charge in [-0.3, -0.25) is 4.79 Å². The minimum Gasteiger partial charge on any atom is -0.507 e. The number of fused-ring (bicyclic) bond motifs is 1. The Balaban J connectivity index is 2.37. The number of phenolic OH excluding ortho intramolecular Hbond substituents is 1. The van der Waals surface area contributed by atoms with Gasteiger partial charge >= 0.3 is 5.97 Å². The molecule has 0 unspecified atom stereocenters. The predicted molar refractivity (Wildman–Crippen MR) is 76.1 cm³/mol. The van der Waals surface area contributed by atoms with Crippen LogP contribution in [0, 0.1) is 5.92 Å². The highest BCUT2D eigenvalue weighted by Crippen LogP contribution is 2.26. The molecule has 0 heterocycles. The summed E-state index contributed by atoms with van der Waals surface area (Å²) >= 11 is 0. The number of aromatic hydroxyl groups is 1. The lowest BCUT2D eigenvalue weighted by Crippen LogP contribution is -2.10. The molecule has 0 saturated heterocycles. The molecule has 0 aliphatic carbocycles. The molecule has 0 aliphatic rings. The Morgan fingerprint density at radius 2 is 2.05 bits per heavy atom. The van der Waals surface area contributed by atoms with Crippen molar-refractivity contribution >= 4 is 23.0 Å². The zero-order valence-electron chi connectivity index (χ0n) is 11.4. The maximum Gasteiger partial charge on any atom is 0.338 e. The number of benzene rings is 2. The number of hydrogen-bond donors (Lipinski definition) is 1. The van der Waals surface area contributed by atoms with Crippen LogP contribution in [0.25, 0.3) is 10.8 Å². The molecule has 0 amide bonds. The second-order valence-electron chi connectivity index (χ2n) is 5.04. The summed E-state index contributed by atoms with van der Waals surface area (Å²) < 4.78 is 5.16. The first-order chi connectivity index (χ1) is 9.52. The van der Waals surface area contributed by atoms with Gasteiger partial charge in [-0.05, 0) is 34.9 Å². The monoisotopic (exact) mass is 272 g/mol. The molecular weight excluding hydrogens is 256 g/mol. The topological polar surface area (TPSA) is 63.6 Å². The molecule has 4 heteroatoms. The van der Waals surface area contributed by atoms with Gasteiger partial charge in [0.15, 0.2) is 6.29 Å². The molecule has 20 heavy (non-hydrogen) atoms. The Morgan fingerprint density at radius 3 is 2.70 bits per heavy atom. The summed E-state index contributed by atoms with van der Waals surface area (Å²) in [7, 11) is 0. The van der Waals surface area contributed by atoms with Crippen molar-refractivity contribution < 1.29 is 19.4 Å². The number of aldehydes is 1. The van der Waals surface area contributed by atoms with Crippen molar-refractivity contribution in [2.45, 2.75) is 13.8 Å². The Kier molecular flexibility index (Phi) is 4.03. The molecule has 4 nitrogen and oxygen atoms in total. The van der Waals surface area contributed by atoms with Crippen molar-refractivity contribution in [1.82, 2.24) is 0 Å². The van der Waals surface area contributed by atoms with E-state index in [1.807, 2.05) is 13.8 Å². The molecule has 0 bridgehead atoms. The van der Waals surface area contributed by atoms with Gasteiger partial charge < -0.3 is 9.84 Å². The fourth-order valence-electron chi connectivity index (χ4n) is 1.92. The summed E-state index contributed by atoms with van der Waals surface area (Å²) in [6.07, 6.45) is 0.606. The molecular formula is C16H16O4. The van der Waals surface area contributed by atoms with Gasteiger partial charge in [-0.25, -0.2) is 4.79 Å². The van der Waals surface area contributed by atoms with Crippen molar-refractivity contribution in [1.29, 1.82) is 0 Å². The van der Waals surface area contributed by atoms with Crippen LogP contribution in [0.2, 0.25) is 0 Å². The van der Waals surface area contributed by atoms with Crippen molar-refractivity contribution in [3.8, 4) is 5.75 Å². The smallest absolute Gasteiger partial charge is 0.338 e. The third-order valence-corrected chi connectivity index (χ3v) is 2.94. The van der Waals surface area contributed by atoms with Gasteiger partial charge in [-0.15, -0.1) is 0 Å². The van der Waals surface area contributed by atoms with Gasteiger partial charge in [-0.1, -0.05) is 26.0 Å². The third kappa shape index (κ3) is 2.79. The molecule has 2 aromatic rings.